The third-order valence-corrected chi connectivity index (χ3v) is 11.0. The fourth-order valence-electron chi connectivity index (χ4n) is 8.31. The van der Waals surface area contributed by atoms with Crippen molar-refractivity contribution < 1.29 is 4.42 Å². The number of nitrogens with zero attached hydrogens (tertiary/aromatic N) is 3. The van der Waals surface area contributed by atoms with Crippen LogP contribution in [0.3, 0.4) is 0 Å². The van der Waals surface area contributed by atoms with Crippen LogP contribution in [0.2, 0.25) is 0 Å². The molecule has 2 aromatic heterocycles. The van der Waals surface area contributed by atoms with Crippen LogP contribution in [0, 0.1) is 0 Å². The predicted octanol–water partition coefficient (Wildman–Crippen LogP) is 14.5. The second-order valence-corrected chi connectivity index (χ2v) is 14.4. The maximum atomic E-state index is 6.53. The molecule has 0 fully saturated rings. The summed E-state index contributed by atoms with van der Waals surface area (Å²) in [4.78, 5) is 7.46. The normalized spacial score (nSPS) is 11.5. The minimum atomic E-state index is 0.618. The summed E-state index contributed by atoms with van der Waals surface area (Å²) in [6.45, 7) is 0. The van der Waals surface area contributed by atoms with Crippen LogP contribution in [0.5, 0.6) is 0 Å². The van der Waals surface area contributed by atoms with Gasteiger partial charge >= 0.3 is 0 Å². The smallest absolute Gasteiger partial charge is 0.227 e. The van der Waals surface area contributed by atoms with Gasteiger partial charge in [-0.25, -0.2) is 4.98 Å². The Kier molecular flexibility index (Phi) is 7.78. The summed E-state index contributed by atoms with van der Waals surface area (Å²) in [5.41, 5.74) is 13.7. The van der Waals surface area contributed by atoms with Crippen LogP contribution < -0.4 is 4.90 Å². The van der Waals surface area contributed by atoms with E-state index in [9.17, 15) is 0 Å². The molecule has 0 aliphatic carbocycles. The summed E-state index contributed by atoms with van der Waals surface area (Å²) in [6, 6.07) is 75.2. The highest BCUT2D eigenvalue weighted by Crippen LogP contribution is 2.42. The van der Waals surface area contributed by atoms with Crippen LogP contribution in [0.15, 0.2) is 217 Å². The van der Waals surface area contributed by atoms with E-state index in [1.54, 1.807) is 0 Å². The third kappa shape index (κ3) is 5.66. The Bertz CT molecular complexity index is 3220. The van der Waals surface area contributed by atoms with Crippen molar-refractivity contribution in [3.63, 3.8) is 0 Å². The summed E-state index contributed by atoms with van der Waals surface area (Å²) in [5.74, 6) is 0.618. The molecule has 9 aromatic carbocycles. The first-order valence-corrected chi connectivity index (χ1v) is 19.3. The molecular formula is C53H35N3O. The molecule has 0 unspecified atom stereocenters. The molecule has 0 atom stereocenters. The molecule has 2 heterocycles. The van der Waals surface area contributed by atoms with Gasteiger partial charge in [-0.3, -0.25) is 0 Å². The molecule has 0 aliphatic rings. The summed E-state index contributed by atoms with van der Waals surface area (Å²) in [7, 11) is 0. The number of anilines is 3. The zero-order chi connectivity index (χ0) is 37.7. The first kappa shape index (κ1) is 32.7. The highest BCUT2D eigenvalue weighted by atomic mass is 16.3. The molecule has 11 rings (SSSR count). The van der Waals surface area contributed by atoms with E-state index in [1.807, 2.05) is 30.3 Å². The number of hydrogen-bond acceptors (Lipinski definition) is 3. The molecular weight excluding hydrogens is 695 g/mol. The van der Waals surface area contributed by atoms with Gasteiger partial charge in [0.15, 0.2) is 5.58 Å². The topological polar surface area (TPSA) is 34.2 Å². The third-order valence-electron chi connectivity index (χ3n) is 11.0. The van der Waals surface area contributed by atoms with E-state index in [-0.39, 0.29) is 0 Å². The summed E-state index contributed by atoms with van der Waals surface area (Å²) >= 11 is 0. The fraction of sp³-hybridized carbons (Fsp3) is 0. The van der Waals surface area contributed by atoms with Crippen molar-refractivity contribution in [2.24, 2.45) is 0 Å². The van der Waals surface area contributed by atoms with Crippen molar-refractivity contribution in [2.75, 3.05) is 4.90 Å². The molecule has 0 amide bonds. The van der Waals surface area contributed by atoms with Gasteiger partial charge in [0, 0.05) is 50.0 Å². The summed E-state index contributed by atoms with van der Waals surface area (Å²) < 4.78 is 8.91. The highest BCUT2D eigenvalue weighted by Gasteiger charge is 2.20. The van der Waals surface area contributed by atoms with Gasteiger partial charge in [-0.15, -0.1) is 0 Å². The molecule has 0 spiro atoms. The van der Waals surface area contributed by atoms with Crippen LogP contribution in [-0.4, -0.2) is 9.55 Å². The maximum Gasteiger partial charge on any atom is 0.227 e. The maximum absolute atomic E-state index is 6.53. The van der Waals surface area contributed by atoms with Gasteiger partial charge in [0.25, 0.3) is 0 Å². The lowest BCUT2D eigenvalue weighted by Crippen LogP contribution is -2.10. The monoisotopic (exact) mass is 729 g/mol. The van der Waals surface area contributed by atoms with Gasteiger partial charge in [-0.05, 0) is 94.9 Å². The average Bonchev–Trinajstić information content (AvgIpc) is 3.88. The minimum absolute atomic E-state index is 0.618. The van der Waals surface area contributed by atoms with Crippen LogP contribution in [0.25, 0.3) is 83.1 Å². The fourth-order valence-corrected chi connectivity index (χ4v) is 8.31. The Morgan fingerprint density at radius 2 is 1.02 bits per heavy atom. The van der Waals surface area contributed by atoms with Gasteiger partial charge in [0.2, 0.25) is 5.89 Å². The quantitative estimate of drug-likeness (QED) is 0.164. The largest absolute Gasteiger partial charge is 0.435 e. The number of rotatable bonds is 7. The SMILES string of the molecule is c1ccc(-c2cccc(N(c3ccc(-c4cc5ccccc5c5oc(-c6ccccc6)nc45)cc3)c3ccc4c5ccccc5n(-c5ccccc5)c4c3)c2)cc1. The predicted molar refractivity (Wildman–Crippen MR) is 237 cm³/mol. The number of hydrogen-bond donors (Lipinski definition) is 0. The lowest BCUT2D eigenvalue weighted by Gasteiger charge is -2.26. The molecule has 57 heavy (non-hydrogen) atoms. The molecule has 4 heteroatoms. The average molecular weight is 730 g/mol. The number of oxazole rings is 1. The first-order chi connectivity index (χ1) is 28.3. The van der Waals surface area contributed by atoms with Crippen molar-refractivity contribution in [3.8, 4) is 39.4 Å². The van der Waals surface area contributed by atoms with E-state index < -0.39 is 0 Å². The van der Waals surface area contributed by atoms with E-state index in [0.29, 0.717) is 5.89 Å². The second kappa shape index (κ2) is 13.6. The Labute approximate surface area is 330 Å². The van der Waals surface area contributed by atoms with Crippen molar-refractivity contribution in [1.29, 1.82) is 0 Å². The van der Waals surface area contributed by atoms with E-state index in [2.05, 4.69) is 191 Å². The van der Waals surface area contributed by atoms with Gasteiger partial charge in [-0.2, -0.15) is 0 Å². The molecule has 0 bridgehead atoms. The zero-order valence-electron chi connectivity index (χ0n) is 31.0. The van der Waals surface area contributed by atoms with E-state index in [1.165, 1.54) is 21.9 Å². The van der Waals surface area contributed by atoms with Gasteiger partial charge in [0.1, 0.15) is 5.52 Å². The van der Waals surface area contributed by atoms with E-state index >= 15 is 0 Å². The van der Waals surface area contributed by atoms with Gasteiger partial charge < -0.3 is 13.9 Å². The van der Waals surface area contributed by atoms with Crippen molar-refractivity contribution >= 4 is 60.7 Å². The molecule has 0 saturated carbocycles. The standard InChI is InChI=1S/C53H35N3O/c1-4-15-36(16-5-1)39-20-14-23-43(33-39)55(44-31-32-47-46-25-12-13-26-49(46)56(50(47)35-44)41-21-8-3-9-22-41)42-29-27-37(28-30-42)48-34-40-19-10-11-24-45(40)52-51(48)54-53(57-52)38-17-6-2-7-18-38/h1-35H. The van der Waals surface area contributed by atoms with Crippen molar-refractivity contribution in [2.45, 2.75) is 0 Å². The van der Waals surface area contributed by atoms with Crippen molar-refractivity contribution in [1.82, 2.24) is 9.55 Å². The Balaban J connectivity index is 1.09. The molecule has 0 aliphatic heterocycles. The summed E-state index contributed by atoms with van der Waals surface area (Å²) in [6.07, 6.45) is 0. The molecule has 4 nitrogen and oxygen atoms in total. The van der Waals surface area contributed by atoms with Crippen LogP contribution in [0.1, 0.15) is 0 Å². The number of aromatic nitrogens is 2. The first-order valence-electron chi connectivity index (χ1n) is 19.3. The van der Waals surface area contributed by atoms with Crippen LogP contribution >= 0.6 is 0 Å². The van der Waals surface area contributed by atoms with E-state index in [0.717, 1.165) is 72.4 Å². The second-order valence-electron chi connectivity index (χ2n) is 14.4. The highest BCUT2D eigenvalue weighted by molar-refractivity contribution is 6.11. The Hall–Kier alpha value is -7.69. The van der Waals surface area contributed by atoms with Gasteiger partial charge in [0.05, 0.1) is 11.0 Å². The molecule has 11 aromatic rings. The minimum Gasteiger partial charge on any atom is -0.435 e. The number of para-hydroxylation sites is 2. The molecule has 268 valence electrons. The summed E-state index contributed by atoms with van der Waals surface area (Å²) in [5, 5.41) is 4.61. The Morgan fingerprint density at radius 1 is 0.404 bits per heavy atom. The van der Waals surface area contributed by atoms with E-state index in [4.69, 9.17) is 9.40 Å². The van der Waals surface area contributed by atoms with Crippen LogP contribution in [-0.2, 0) is 0 Å². The molecule has 0 radical (unpaired) electrons. The molecule has 0 N–H and O–H groups in total. The Morgan fingerprint density at radius 3 is 1.81 bits per heavy atom. The number of fused-ring (bicyclic) bond motifs is 6. The molecule has 0 saturated heterocycles. The van der Waals surface area contributed by atoms with Crippen molar-refractivity contribution in [3.05, 3.63) is 212 Å². The lowest BCUT2D eigenvalue weighted by atomic mass is 9.99. The van der Waals surface area contributed by atoms with Gasteiger partial charge in [-0.1, -0.05) is 140 Å². The number of benzene rings is 9. The van der Waals surface area contributed by atoms with Crippen LogP contribution in [0.4, 0.5) is 17.1 Å². The zero-order valence-corrected chi connectivity index (χ0v) is 31.0. The lowest BCUT2D eigenvalue weighted by molar-refractivity contribution is 0.623.